The molecule has 1 N–H and O–H groups in total. The summed E-state index contributed by atoms with van der Waals surface area (Å²) in [5.41, 5.74) is 1.94. The molecule has 0 aromatic heterocycles. The van der Waals surface area contributed by atoms with Crippen molar-refractivity contribution in [3.63, 3.8) is 0 Å². The number of rotatable bonds is 4. The van der Waals surface area contributed by atoms with Crippen LogP contribution >= 0.6 is 0 Å². The Bertz CT molecular complexity index is 599. The van der Waals surface area contributed by atoms with Gasteiger partial charge >= 0.3 is 0 Å². The highest BCUT2D eigenvalue weighted by molar-refractivity contribution is 5.39. The van der Waals surface area contributed by atoms with Crippen molar-refractivity contribution in [1.82, 2.24) is 5.32 Å². The van der Waals surface area contributed by atoms with Crippen LogP contribution in [0.25, 0.3) is 0 Å². The summed E-state index contributed by atoms with van der Waals surface area (Å²) >= 11 is 0. The number of hydrogen-bond donors (Lipinski definition) is 1. The van der Waals surface area contributed by atoms with Gasteiger partial charge in [0.05, 0.1) is 6.04 Å². The molecular formula is C17H18FNO. The van der Waals surface area contributed by atoms with Crippen LogP contribution < -0.4 is 10.1 Å². The van der Waals surface area contributed by atoms with E-state index in [2.05, 4.69) is 18.3 Å². The molecule has 0 fully saturated rings. The van der Waals surface area contributed by atoms with E-state index >= 15 is 0 Å². The highest BCUT2D eigenvalue weighted by Gasteiger charge is 2.24. The van der Waals surface area contributed by atoms with Crippen molar-refractivity contribution in [1.29, 1.82) is 0 Å². The van der Waals surface area contributed by atoms with Gasteiger partial charge in [-0.3, -0.25) is 0 Å². The maximum absolute atomic E-state index is 13.7. The van der Waals surface area contributed by atoms with Crippen molar-refractivity contribution in [3.8, 4) is 5.75 Å². The fourth-order valence-electron chi connectivity index (χ4n) is 2.70. The average Bonchev–Trinajstić information content (AvgIpc) is 2.85. The average molecular weight is 271 g/mol. The first-order valence-corrected chi connectivity index (χ1v) is 6.95. The van der Waals surface area contributed by atoms with Gasteiger partial charge in [0.15, 0.2) is 0 Å². The molecule has 0 aliphatic carbocycles. The van der Waals surface area contributed by atoms with Crippen LogP contribution in [0.4, 0.5) is 4.39 Å². The summed E-state index contributed by atoms with van der Waals surface area (Å²) in [6, 6.07) is 15.4. The summed E-state index contributed by atoms with van der Waals surface area (Å²) in [7, 11) is 0. The van der Waals surface area contributed by atoms with Gasteiger partial charge in [-0.1, -0.05) is 36.4 Å². The number of hydrogen-bond acceptors (Lipinski definition) is 2. The minimum atomic E-state index is -0.135. The second-order valence-electron chi connectivity index (χ2n) is 5.26. The summed E-state index contributed by atoms with van der Waals surface area (Å²) < 4.78 is 19.3. The molecule has 2 nitrogen and oxygen atoms in total. The first-order valence-electron chi connectivity index (χ1n) is 6.95. The van der Waals surface area contributed by atoms with E-state index in [-0.39, 0.29) is 17.9 Å². The van der Waals surface area contributed by atoms with Gasteiger partial charge in [0.25, 0.3) is 0 Å². The summed E-state index contributed by atoms with van der Waals surface area (Å²) in [5, 5.41) is 3.52. The topological polar surface area (TPSA) is 21.3 Å². The molecule has 1 heterocycles. The molecular weight excluding hydrogens is 253 g/mol. The van der Waals surface area contributed by atoms with Gasteiger partial charge in [0.1, 0.15) is 18.2 Å². The zero-order valence-electron chi connectivity index (χ0n) is 11.5. The van der Waals surface area contributed by atoms with Crippen LogP contribution in [-0.4, -0.2) is 12.6 Å². The highest BCUT2D eigenvalue weighted by atomic mass is 19.1. The van der Waals surface area contributed by atoms with Crippen LogP contribution in [0.3, 0.4) is 0 Å². The lowest BCUT2D eigenvalue weighted by molar-refractivity contribution is 0.299. The standard InChI is InChI=1S/C17H18FNO/c1-12(10-13-6-2-4-8-15(13)18)19-16-11-20-17-9-5-3-7-14(16)17/h2-9,12,16,19H,10-11H2,1H3. The Morgan fingerprint density at radius 1 is 1.20 bits per heavy atom. The quantitative estimate of drug-likeness (QED) is 0.919. The second-order valence-corrected chi connectivity index (χ2v) is 5.26. The van der Waals surface area contributed by atoms with Crippen LogP contribution in [-0.2, 0) is 6.42 Å². The molecule has 0 saturated heterocycles. The van der Waals surface area contributed by atoms with E-state index in [1.165, 1.54) is 11.6 Å². The number of halogens is 1. The third-order valence-corrected chi connectivity index (χ3v) is 3.67. The monoisotopic (exact) mass is 271 g/mol. The van der Waals surface area contributed by atoms with E-state index in [1.54, 1.807) is 6.07 Å². The molecule has 1 aliphatic heterocycles. The third kappa shape index (κ3) is 2.68. The van der Waals surface area contributed by atoms with E-state index in [0.717, 1.165) is 11.3 Å². The Balaban J connectivity index is 1.66. The highest BCUT2D eigenvalue weighted by Crippen LogP contribution is 2.32. The van der Waals surface area contributed by atoms with E-state index in [1.807, 2.05) is 30.3 Å². The van der Waals surface area contributed by atoms with Crippen LogP contribution in [0.2, 0.25) is 0 Å². The fourth-order valence-corrected chi connectivity index (χ4v) is 2.70. The number of fused-ring (bicyclic) bond motifs is 1. The minimum Gasteiger partial charge on any atom is -0.491 e. The Labute approximate surface area is 118 Å². The van der Waals surface area contributed by atoms with Crippen LogP contribution in [0.1, 0.15) is 24.1 Å². The van der Waals surface area contributed by atoms with E-state index in [0.29, 0.717) is 13.0 Å². The van der Waals surface area contributed by atoms with Gasteiger partial charge in [-0.15, -0.1) is 0 Å². The third-order valence-electron chi connectivity index (χ3n) is 3.67. The smallest absolute Gasteiger partial charge is 0.126 e. The molecule has 0 amide bonds. The largest absolute Gasteiger partial charge is 0.491 e. The maximum atomic E-state index is 13.7. The molecule has 2 aromatic carbocycles. The van der Waals surface area contributed by atoms with Gasteiger partial charge in [-0.05, 0) is 31.0 Å². The molecule has 2 aromatic rings. The van der Waals surface area contributed by atoms with E-state index in [4.69, 9.17) is 4.74 Å². The molecule has 3 heteroatoms. The number of ether oxygens (including phenoxy) is 1. The van der Waals surface area contributed by atoms with Gasteiger partial charge in [0, 0.05) is 11.6 Å². The molecule has 0 spiro atoms. The predicted octanol–water partition coefficient (Wildman–Crippen LogP) is 3.48. The number of nitrogens with one attached hydrogen (secondary N) is 1. The van der Waals surface area contributed by atoms with Crippen LogP contribution in [0, 0.1) is 5.82 Å². The zero-order valence-corrected chi connectivity index (χ0v) is 11.5. The van der Waals surface area contributed by atoms with Gasteiger partial charge in [-0.25, -0.2) is 4.39 Å². The maximum Gasteiger partial charge on any atom is 0.126 e. The van der Waals surface area contributed by atoms with Crippen molar-refractivity contribution in [2.24, 2.45) is 0 Å². The molecule has 3 rings (SSSR count). The van der Waals surface area contributed by atoms with Crippen molar-refractivity contribution < 1.29 is 9.13 Å². The SMILES string of the molecule is CC(Cc1ccccc1F)NC1COc2ccccc21. The zero-order chi connectivity index (χ0) is 13.9. The second kappa shape index (κ2) is 5.63. The summed E-state index contributed by atoms with van der Waals surface area (Å²) in [5.74, 6) is 0.812. The van der Waals surface area contributed by atoms with Crippen molar-refractivity contribution >= 4 is 0 Å². The lowest BCUT2D eigenvalue weighted by Crippen LogP contribution is -2.33. The Morgan fingerprint density at radius 2 is 1.95 bits per heavy atom. The molecule has 2 atom stereocenters. The lowest BCUT2D eigenvalue weighted by atomic mass is 10.0. The first kappa shape index (κ1) is 13.1. The normalized spacial score (nSPS) is 18.4. The lowest BCUT2D eigenvalue weighted by Gasteiger charge is -2.19. The summed E-state index contributed by atoms with van der Waals surface area (Å²) in [6.07, 6.45) is 0.672. The van der Waals surface area contributed by atoms with Gasteiger partial charge in [0.2, 0.25) is 0 Å². The summed E-state index contributed by atoms with van der Waals surface area (Å²) in [4.78, 5) is 0. The van der Waals surface area contributed by atoms with E-state index < -0.39 is 0 Å². The molecule has 20 heavy (non-hydrogen) atoms. The number of benzene rings is 2. The first-order chi connectivity index (χ1) is 9.74. The fraction of sp³-hybridized carbons (Fsp3) is 0.294. The molecule has 1 aliphatic rings. The molecule has 104 valence electrons. The molecule has 2 unspecified atom stereocenters. The Hall–Kier alpha value is -1.87. The van der Waals surface area contributed by atoms with Crippen LogP contribution in [0.5, 0.6) is 5.75 Å². The van der Waals surface area contributed by atoms with Crippen LogP contribution in [0.15, 0.2) is 48.5 Å². The molecule has 0 radical (unpaired) electrons. The van der Waals surface area contributed by atoms with Crippen molar-refractivity contribution in [2.75, 3.05) is 6.61 Å². The summed E-state index contributed by atoms with van der Waals surface area (Å²) in [6.45, 7) is 2.72. The number of para-hydroxylation sites is 1. The van der Waals surface area contributed by atoms with Crippen molar-refractivity contribution in [2.45, 2.75) is 25.4 Å². The van der Waals surface area contributed by atoms with Crippen molar-refractivity contribution in [3.05, 3.63) is 65.5 Å². The Morgan fingerprint density at radius 3 is 2.80 bits per heavy atom. The Kier molecular flexibility index (Phi) is 3.70. The molecule has 0 bridgehead atoms. The van der Waals surface area contributed by atoms with E-state index in [9.17, 15) is 4.39 Å². The minimum absolute atomic E-state index is 0.135. The predicted molar refractivity (Wildman–Crippen MR) is 77.4 cm³/mol. The van der Waals surface area contributed by atoms with Gasteiger partial charge in [-0.2, -0.15) is 0 Å². The van der Waals surface area contributed by atoms with Gasteiger partial charge < -0.3 is 10.1 Å². The molecule has 0 saturated carbocycles.